The summed E-state index contributed by atoms with van der Waals surface area (Å²) in [7, 11) is 1.38. The first kappa shape index (κ1) is 10.7. The van der Waals surface area contributed by atoms with E-state index in [1.165, 1.54) is 7.11 Å². The van der Waals surface area contributed by atoms with Crippen molar-refractivity contribution in [3.63, 3.8) is 0 Å². The third kappa shape index (κ3) is 1.93. The lowest BCUT2D eigenvalue weighted by atomic mass is 9.98. The summed E-state index contributed by atoms with van der Waals surface area (Å²) in [5, 5.41) is 0. The van der Waals surface area contributed by atoms with Crippen molar-refractivity contribution in [1.82, 2.24) is 0 Å². The van der Waals surface area contributed by atoms with Crippen LogP contribution in [0.3, 0.4) is 0 Å². The molecule has 0 aliphatic rings. The van der Waals surface area contributed by atoms with Crippen LogP contribution in [0.15, 0.2) is 18.2 Å². The number of rotatable bonds is 2. The van der Waals surface area contributed by atoms with Crippen LogP contribution < -0.4 is 5.73 Å². The summed E-state index contributed by atoms with van der Waals surface area (Å²) in [6.07, 6.45) is 0. The van der Waals surface area contributed by atoms with Gasteiger partial charge in [0.15, 0.2) is 0 Å². The zero-order chi connectivity index (χ0) is 10.7. The Balaban J connectivity index is 3.20. The van der Waals surface area contributed by atoms with E-state index in [0.717, 1.165) is 11.1 Å². The Kier molecular flexibility index (Phi) is 3.25. The SMILES string of the molecule is COC(=O)c1cccc([C@@H](C)N)c1C. The maximum Gasteiger partial charge on any atom is 0.338 e. The smallest absolute Gasteiger partial charge is 0.338 e. The molecule has 0 spiro atoms. The first-order valence-electron chi connectivity index (χ1n) is 4.51. The molecule has 1 aromatic rings. The molecule has 0 aromatic heterocycles. The maximum atomic E-state index is 11.3. The minimum Gasteiger partial charge on any atom is -0.465 e. The van der Waals surface area contributed by atoms with Crippen molar-refractivity contribution in [2.24, 2.45) is 5.73 Å². The zero-order valence-electron chi connectivity index (χ0n) is 8.70. The molecule has 0 aliphatic heterocycles. The molecular weight excluding hydrogens is 178 g/mol. The summed E-state index contributed by atoms with van der Waals surface area (Å²) in [6.45, 7) is 3.77. The zero-order valence-corrected chi connectivity index (χ0v) is 8.70. The summed E-state index contributed by atoms with van der Waals surface area (Å²) < 4.78 is 4.67. The Morgan fingerprint density at radius 1 is 1.50 bits per heavy atom. The molecule has 0 unspecified atom stereocenters. The van der Waals surface area contributed by atoms with Crippen molar-refractivity contribution in [1.29, 1.82) is 0 Å². The standard InChI is InChI=1S/C11H15NO2/c1-7-9(8(2)12)5-4-6-10(7)11(13)14-3/h4-6,8H,12H2,1-3H3/t8-/m1/s1. The van der Waals surface area contributed by atoms with Crippen molar-refractivity contribution in [2.45, 2.75) is 19.9 Å². The summed E-state index contributed by atoms with van der Waals surface area (Å²) in [5.41, 5.74) is 8.24. The van der Waals surface area contributed by atoms with Gasteiger partial charge in [-0.2, -0.15) is 0 Å². The molecule has 0 bridgehead atoms. The number of carbonyl (C=O) groups excluding carboxylic acids is 1. The van der Waals surface area contributed by atoms with Crippen LogP contribution in [0, 0.1) is 6.92 Å². The minimum atomic E-state index is -0.315. The van der Waals surface area contributed by atoms with E-state index in [1.54, 1.807) is 6.07 Å². The molecule has 0 heterocycles. The molecule has 0 aliphatic carbocycles. The lowest BCUT2D eigenvalue weighted by molar-refractivity contribution is 0.0600. The molecule has 0 saturated carbocycles. The Bertz CT molecular complexity index is 345. The number of hydrogen-bond donors (Lipinski definition) is 1. The van der Waals surface area contributed by atoms with Gasteiger partial charge in [-0.05, 0) is 31.0 Å². The maximum absolute atomic E-state index is 11.3. The molecule has 1 aromatic carbocycles. The quantitative estimate of drug-likeness (QED) is 0.729. The fourth-order valence-electron chi connectivity index (χ4n) is 1.48. The van der Waals surface area contributed by atoms with E-state index < -0.39 is 0 Å². The highest BCUT2D eigenvalue weighted by Crippen LogP contribution is 2.19. The van der Waals surface area contributed by atoms with Crippen LogP contribution in [0.25, 0.3) is 0 Å². The van der Waals surface area contributed by atoms with Gasteiger partial charge in [0, 0.05) is 6.04 Å². The first-order chi connectivity index (χ1) is 6.57. The van der Waals surface area contributed by atoms with Crippen LogP contribution in [0.4, 0.5) is 0 Å². The fraction of sp³-hybridized carbons (Fsp3) is 0.364. The van der Waals surface area contributed by atoms with E-state index in [4.69, 9.17) is 5.73 Å². The highest BCUT2D eigenvalue weighted by molar-refractivity contribution is 5.91. The van der Waals surface area contributed by atoms with Gasteiger partial charge in [0.1, 0.15) is 0 Å². The van der Waals surface area contributed by atoms with Crippen LogP contribution in [0.1, 0.15) is 34.5 Å². The second-order valence-corrected chi connectivity index (χ2v) is 3.30. The van der Waals surface area contributed by atoms with Gasteiger partial charge in [0.2, 0.25) is 0 Å². The molecule has 3 nitrogen and oxygen atoms in total. The highest BCUT2D eigenvalue weighted by atomic mass is 16.5. The Morgan fingerprint density at radius 3 is 2.64 bits per heavy atom. The average molecular weight is 193 g/mol. The van der Waals surface area contributed by atoms with Gasteiger partial charge >= 0.3 is 5.97 Å². The monoisotopic (exact) mass is 193 g/mol. The summed E-state index contributed by atoms with van der Waals surface area (Å²) in [6, 6.07) is 5.41. The topological polar surface area (TPSA) is 52.3 Å². The average Bonchev–Trinajstić information content (AvgIpc) is 2.16. The predicted molar refractivity (Wildman–Crippen MR) is 55.1 cm³/mol. The van der Waals surface area contributed by atoms with Gasteiger partial charge in [0.25, 0.3) is 0 Å². The minimum absolute atomic E-state index is 0.0698. The predicted octanol–water partition coefficient (Wildman–Crippen LogP) is 1.80. The number of carbonyl (C=O) groups is 1. The number of methoxy groups -OCH3 is 1. The molecule has 0 fully saturated rings. The second-order valence-electron chi connectivity index (χ2n) is 3.30. The van der Waals surface area contributed by atoms with Crippen molar-refractivity contribution < 1.29 is 9.53 Å². The molecule has 3 heteroatoms. The van der Waals surface area contributed by atoms with Crippen LogP contribution >= 0.6 is 0 Å². The van der Waals surface area contributed by atoms with Crippen LogP contribution in [-0.4, -0.2) is 13.1 Å². The van der Waals surface area contributed by atoms with Crippen LogP contribution in [0.2, 0.25) is 0 Å². The Hall–Kier alpha value is -1.35. The largest absolute Gasteiger partial charge is 0.465 e. The van der Waals surface area contributed by atoms with E-state index in [9.17, 15) is 4.79 Å². The van der Waals surface area contributed by atoms with Gasteiger partial charge in [-0.25, -0.2) is 4.79 Å². The fourth-order valence-corrected chi connectivity index (χ4v) is 1.48. The second kappa shape index (κ2) is 4.24. The summed E-state index contributed by atoms with van der Waals surface area (Å²) in [4.78, 5) is 11.3. The van der Waals surface area contributed by atoms with Crippen molar-refractivity contribution in [2.75, 3.05) is 7.11 Å². The van der Waals surface area contributed by atoms with Gasteiger partial charge in [0.05, 0.1) is 12.7 Å². The summed E-state index contributed by atoms with van der Waals surface area (Å²) >= 11 is 0. The Morgan fingerprint density at radius 2 is 2.14 bits per heavy atom. The van der Waals surface area contributed by atoms with Crippen molar-refractivity contribution >= 4 is 5.97 Å². The Labute approximate surface area is 83.9 Å². The molecule has 0 radical (unpaired) electrons. The van der Waals surface area contributed by atoms with E-state index in [2.05, 4.69) is 4.74 Å². The van der Waals surface area contributed by atoms with Gasteiger partial charge in [-0.1, -0.05) is 12.1 Å². The molecular formula is C11H15NO2. The number of ether oxygens (including phenoxy) is 1. The van der Waals surface area contributed by atoms with Crippen molar-refractivity contribution in [3.05, 3.63) is 34.9 Å². The van der Waals surface area contributed by atoms with Gasteiger partial charge in [-0.15, -0.1) is 0 Å². The third-order valence-corrected chi connectivity index (χ3v) is 2.27. The van der Waals surface area contributed by atoms with Gasteiger partial charge in [-0.3, -0.25) is 0 Å². The third-order valence-electron chi connectivity index (χ3n) is 2.27. The molecule has 14 heavy (non-hydrogen) atoms. The lowest BCUT2D eigenvalue weighted by Crippen LogP contribution is -2.11. The molecule has 1 rings (SSSR count). The van der Waals surface area contributed by atoms with Gasteiger partial charge < -0.3 is 10.5 Å². The van der Waals surface area contributed by atoms with Crippen molar-refractivity contribution in [3.8, 4) is 0 Å². The normalized spacial score (nSPS) is 12.3. The molecule has 0 amide bonds. The molecule has 0 saturated heterocycles. The van der Waals surface area contributed by atoms with E-state index in [-0.39, 0.29) is 12.0 Å². The number of esters is 1. The first-order valence-corrected chi connectivity index (χ1v) is 4.51. The molecule has 76 valence electrons. The van der Waals surface area contributed by atoms with Crippen LogP contribution in [0.5, 0.6) is 0 Å². The summed E-state index contributed by atoms with van der Waals surface area (Å²) in [5.74, 6) is -0.315. The number of benzene rings is 1. The van der Waals surface area contributed by atoms with Crippen LogP contribution in [-0.2, 0) is 4.74 Å². The molecule has 1 atom stereocenters. The highest BCUT2D eigenvalue weighted by Gasteiger charge is 2.12. The number of hydrogen-bond acceptors (Lipinski definition) is 3. The van der Waals surface area contributed by atoms with E-state index in [1.807, 2.05) is 26.0 Å². The van der Waals surface area contributed by atoms with E-state index in [0.29, 0.717) is 5.56 Å². The lowest BCUT2D eigenvalue weighted by Gasteiger charge is -2.12. The number of nitrogens with two attached hydrogens (primary N) is 1. The van der Waals surface area contributed by atoms with E-state index >= 15 is 0 Å². The molecule has 2 N–H and O–H groups in total.